The van der Waals surface area contributed by atoms with Crippen LogP contribution >= 0.6 is 0 Å². The molecule has 0 radical (unpaired) electrons. The van der Waals surface area contributed by atoms with Crippen molar-refractivity contribution < 1.29 is 9.59 Å². The lowest BCUT2D eigenvalue weighted by molar-refractivity contribution is -0.117. The molecule has 2 aromatic heterocycles. The molecular weight excluding hydrogens is 486 g/mol. The Balaban J connectivity index is 1.57. The molecule has 1 aliphatic carbocycles. The second kappa shape index (κ2) is 10.4. The third-order valence-corrected chi connectivity index (χ3v) is 7.21. The third-order valence-electron chi connectivity index (χ3n) is 7.21. The lowest BCUT2D eigenvalue weighted by atomic mass is 10.1. The van der Waals surface area contributed by atoms with E-state index in [1.807, 2.05) is 19.1 Å². The molecule has 2 fully saturated rings. The van der Waals surface area contributed by atoms with Crippen molar-refractivity contribution in [3.8, 4) is 0 Å². The highest BCUT2D eigenvalue weighted by molar-refractivity contribution is 6.05. The van der Waals surface area contributed by atoms with Crippen LogP contribution in [0.1, 0.15) is 43.0 Å². The quantitative estimate of drug-likeness (QED) is 0.341. The van der Waals surface area contributed by atoms with Crippen molar-refractivity contribution in [1.29, 1.82) is 0 Å². The van der Waals surface area contributed by atoms with Crippen LogP contribution in [0.5, 0.6) is 0 Å². The van der Waals surface area contributed by atoms with Crippen molar-refractivity contribution >= 4 is 34.5 Å². The summed E-state index contributed by atoms with van der Waals surface area (Å²) in [5.74, 6) is -0.0243. The minimum atomic E-state index is -0.632. The number of carbonyl (C=O) groups is 2. The van der Waals surface area contributed by atoms with E-state index in [0.717, 1.165) is 36.8 Å². The number of nitrogens with one attached hydrogen (secondary N) is 1. The second-order valence-electron chi connectivity index (χ2n) is 10.1. The number of rotatable bonds is 8. The van der Waals surface area contributed by atoms with Crippen LogP contribution < -0.4 is 27.2 Å². The molecule has 1 aliphatic heterocycles. The minimum Gasteiger partial charge on any atom is -0.341 e. The lowest BCUT2D eigenvalue weighted by Crippen LogP contribution is -2.44. The van der Waals surface area contributed by atoms with Gasteiger partial charge in [-0.2, -0.15) is 4.98 Å². The van der Waals surface area contributed by atoms with Gasteiger partial charge in [-0.3, -0.25) is 23.5 Å². The monoisotopic (exact) mass is 519 g/mol. The number of aromatic nitrogens is 4. The van der Waals surface area contributed by atoms with Crippen LogP contribution in [0.2, 0.25) is 0 Å². The number of amides is 1. The predicted octanol–water partition coefficient (Wildman–Crippen LogP) is 1.63. The molecule has 3 heterocycles. The number of piperidine rings is 1. The first-order valence-electron chi connectivity index (χ1n) is 13.0. The molecule has 38 heavy (non-hydrogen) atoms. The summed E-state index contributed by atoms with van der Waals surface area (Å²) in [5, 5.41) is 2.82. The molecule has 3 N–H and O–H groups in total. The number of aryl methyl sites for hydroxylation is 1. The Hall–Kier alpha value is -3.99. The van der Waals surface area contributed by atoms with Gasteiger partial charge in [-0.25, -0.2) is 4.79 Å². The van der Waals surface area contributed by atoms with E-state index in [1.165, 1.54) is 4.57 Å². The van der Waals surface area contributed by atoms with Crippen LogP contribution in [0.3, 0.4) is 0 Å². The predicted molar refractivity (Wildman–Crippen MR) is 146 cm³/mol. The summed E-state index contributed by atoms with van der Waals surface area (Å²) in [6, 6.07) is 6.65. The molecular formula is C27H33N7O4. The number of benzene rings is 1. The maximum Gasteiger partial charge on any atom is 0.332 e. The van der Waals surface area contributed by atoms with E-state index in [4.69, 9.17) is 10.7 Å². The van der Waals surface area contributed by atoms with Gasteiger partial charge in [-0.05, 0) is 44.7 Å². The van der Waals surface area contributed by atoms with E-state index in [9.17, 15) is 19.2 Å². The normalized spacial score (nSPS) is 17.9. The molecule has 1 atom stereocenters. The van der Waals surface area contributed by atoms with Crippen LogP contribution in [0.4, 0.5) is 11.6 Å². The van der Waals surface area contributed by atoms with Gasteiger partial charge >= 0.3 is 5.69 Å². The molecule has 1 aromatic carbocycles. The molecule has 0 spiro atoms. The zero-order chi connectivity index (χ0) is 27.0. The maximum atomic E-state index is 13.8. The molecule has 0 unspecified atom stereocenters. The third kappa shape index (κ3) is 4.81. The number of Topliss-reactive ketones (excluding diaryl/α,β-unsaturated/α-hetero) is 1. The number of anilines is 2. The molecule has 1 saturated heterocycles. The van der Waals surface area contributed by atoms with E-state index in [2.05, 4.69) is 10.2 Å². The average molecular weight is 520 g/mol. The summed E-state index contributed by atoms with van der Waals surface area (Å²) in [7, 11) is 1.55. The van der Waals surface area contributed by atoms with Crippen LogP contribution in [-0.2, 0) is 24.9 Å². The van der Waals surface area contributed by atoms with Crippen molar-refractivity contribution in [3.05, 3.63) is 62.8 Å². The maximum absolute atomic E-state index is 13.8. The first-order chi connectivity index (χ1) is 18.3. The van der Waals surface area contributed by atoms with Gasteiger partial charge in [0, 0.05) is 44.2 Å². The fraction of sp³-hybridized carbons (Fsp3) is 0.444. The molecule has 11 nitrogen and oxygen atoms in total. The Morgan fingerprint density at radius 2 is 1.92 bits per heavy atom. The van der Waals surface area contributed by atoms with Crippen LogP contribution in [0.15, 0.2) is 46.0 Å². The van der Waals surface area contributed by atoms with E-state index in [-0.39, 0.29) is 34.6 Å². The van der Waals surface area contributed by atoms with Crippen molar-refractivity contribution in [2.45, 2.75) is 51.7 Å². The summed E-state index contributed by atoms with van der Waals surface area (Å²) in [5.41, 5.74) is 6.14. The Labute approximate surface area is 219 Å². The van der Waals surface area contributed by atoms with Crippen molar-refractivity contribution in [3.63, 3.8) is 0 Å². The van der Waals surface area contributed by atoms with Crippen molar-refractivity contribution in [1.82, 2.24) is 18.7 Å². The van der Waals surface area contributed by atoms with Gasteiger partial charge in [0.25, 0.3) is 5.56 Å². The Kier molecular flexibility index (Phi) is 7.02. The van der Waals surface area contributed by atoms with E-state index in [0.29, 0.717) is 24.7 Å². The zero-order valence-corrected chi connectivity index (χ0v) is 21.7. The van der Waals surface area contributed by atoms with Gasteiger partial charge in [0.2, 0.25) is 11.9 Å². The topological polar surface area (TPSA) is 137 Å². The average Bonchev–Trinajstić information content (AvgIpc) is 3.69. The number of ketones is 1. The van der Waals surface area contributed by atoms with Gasteiger partial charge in [0.1, 0.15) is 0 Å². The van der Waals surface area contributed by atoms with Gasteiger partial charge in [0.05, 0.1) is 12.2 Å². The summed E-state index contributed by atoms with van der Waals surface area (Å²) in [6.45, 7) is 3.16. The molecule has 2 aliphatic rings. The van der Waals surface area contributed by atoms with Crippen LogP contribution in [-0.4, -0.2) is 49.5 Å². The number of carbonyl (C=O) groups excluding carboxylic acids is 2. The van der Waals surface area contributed by atoms with E-state index < -0.39 is 23.6 Å². The van der Waals surface area contributed by atoms with Crippen LogP contribution in [0, 0.1) is 5.92 Å². The molecule has 0 bridgehead atoms. The molecule has 3 aromatic rings. The molecule has 200 valence electrons. The summed E-state index contributed by atoms with van der Waals surface area (Å²) >= 11 is 0. The molecule has 1 saturated carbocycles. The zero-order valence-electron chi connectivity index (χ0n) is 21.7. The summed E-state index contributed by atoms with van der Waals surface area (Å²) in [4.78, 5) is 59.5. The number of para-hydroxylation sites is 1. The standard InChI is InChI=1S/C27H33N7O4/c1-3-4-14-33-22-23(30-26(33)32-13-7-8-18(28)15-32)31(2)27(38)34(25(22)37)16-21(35)19-9-5-6-10-20(19)29-24(36)17-11-12-17/h3-6,9-10,17-18H,7-8,11-16,28H2,1-2H3,(H,29,36)/t18-/m0/s1. The number of hydrogen-bond acceptors (Lipinski definition) is 7. The fourth-order valence-electron chi connectivity index (χ4n) is 4.96. The summed E-state index contributed by atoms with van der Waals surface area (Å²) in [6.07, 6.45) is 7.28. The number of allylic oxidation sites excluding steroid dienone is 2. The highest BCUT2D eigenvalue weighted by atomic mass is 16.2. The smallest absolute Gasteiger partial charge is 0.332 e. The first-order valence-corrected chi connectivity index (χ1v) is 13.0. The number of nitrogens with zero attached hydrogens (tertiary/aromatic N) is 5. The largest absolute Gasteiger partial charge is 0.341 e. The van der Waals surface area contributed by atoms with Gasteiger partial charge in [-0.1, -0.05) is 24.3 Å². The second-order valence-corrected chi connectivity index (χ2v) is 10.1. The highest BCUT2D eigenvalue weighted by Crippen LogP contribution is 2.31. The van der Waals surface area contributed by atoms with Gasteiger partial charge in [-0.15, -0.1) is 0 Å². The van der Waals surface area contributed by atoms with Crippen molar-refractivity contribution in [2.24, 2.45) is 18.7 Å². The number of fused-ring (bicyclic) bond motifs is 1. The number of imidazole rings is 1. The molecule has 1 amide bonds. The van der Waals surface area contributed by atoms with Crippen molar-refractivity contribution in [2.75, 3.05) is 23.3 Å². The summed E-state index contributed by atoms with van der Waals surface area (Å²) < 4.78 is 4.05. The van der Waals surface area contributed by atoms with Crippen LogP contribution in [0.25, 0.3) is 11.2 Å². The Morgan fingerprint density at radius 3 is 2.63 bits per heavy atom. The minimum absolute atomic E-state index is 0.00250. The number of nitrogens with two attached hydrogens (primary N) is 1. The highest BCUT2D eigenvalue weighted by Gasteiger charge is 2.31. The van der Waals surface area contributed by atoms with Gasteiger partial charge < -0.3 is 20.5 Å². The Morgan fingerprint density at radius 1 is 1.16 bits per heavy atom. The molecule has 11 heteroatoms. The lowest BCUT2D eigenvalue weighted by Gasteiger charge is -2.31. The first kappa shape index (κ1) is 25.7. The fourth-order valence-corrected chi connectivity index (χ4v) is 4.96. The number of hydrogen-bond donors (Lipinski definition) is 2. The molecule has 5 rings (SSSR count). The SMILES string of the molecule is CC=CCn1c(N2CCC[C@H](N)C2)nc2c1c(=O)n(CC(=O)c1ccccc1NC(=O)C1CC1)c(=O)n2C. The van der Waals surface area contributed by atoms with E-state index >= 15 is 0 Å². The van der Waals surface area contributed by atoms with Gasteiger partial charge in [0.15, 0.2) is 16.9 Å². The van der Waals surface area contributed by atoms with E-state index in [1.54, 1.807) is 35.9 Å². The Bertz CT molecular complexity index is 1540.